The van der Waals surface area contributed by atoms with Crippen molar-refractivity contribution < 1.29 is 8.96 Å². The first kappa shape index (κ1) is 19.0. The Morgan fingerprint density at radius 2 is 1.75 bits per heavy atom. The molecule has 1 aliphatic rings. The van der Waals surface area contributed by atoms with Crippen molar-refractivity contribution in [1.82, 2.24) is 14.7 Å². The van der Waals surface area contributed by atoms with Gasteiger partial charge < -0.3 is 9.46 Å². The maximum atomic E-state index is 14.6. The lowest BCUT2D eigenvalue weighted by molar-refractivity contribution is 0.361. The minimum atomic E-state index is -2.73. The monoisotopic (exact) mass is 399 g/mol. The van der Waals surface area contributed by atoms with E-state index in [1.165, 1.54) is 10.7 Å². The number of hydrogen-bond acceptors (Lipinski definition) is 4. The second-order valence-electron chi connectivity index (χ2n) is 7.52. The number of nitrogens with zero attached hydrogens (tertiary/aromatic N) is 3. The minimum Gasteiger partial charge on any atom is -0.318 e. The molecule has 1 aliphatic heterocycles. The van der Waals surface area contributed by atoms with Crippen molar-refractivity contribution in [3.05, 3.63) is 69.9 Å². The topological polar surface area (TPSA) is 55.2 Å². The normalized spacial score (nSPS) is 17.1. The standard InChI is InChI=1S/C21H23FN3O2P/c1-24-9-11-28(27,12-10-24)20-14-15(7-8-18(20)22)13-19-16-5-3-4-6-17(16)21(26)25(2)23-19/h3-8,14H,9-13H2,1-2H3. The van der Waals surface area contributed by atoms with Crippen molar-refractivity contribution in [3.8, 4) is 0 Å². The van der Waals surface area contributed by atoms with Crippen molar-refractivity contribution in [2.24, 2.45) is 7.05 Å². The zero-order chi connectivity index (χ0) is 19.9. The van der Waals surface area contributed by atoms with Gasteiger partial charge in [-0.15, -0.1) is 0 Å². The molecule has 0 unspecified atom stereocenters. The molecule has 146 valence electrons. The van der Waals surface area contributed by atoms with Gasteiger partial charge in [-0.2, -0.15) is 5.10 Å². The smallest absolute Gasteiger partial charge is 0.274 e. The van der Waals surface area contributed by atoms with Crippen molar-refractivity contribution in [3.63, 3.8) is 0 Å². The second kappa shape index (κ2) is 7.26. The number of aromatic nitrogens is 2. The van der Waals surface area contributed by atoms with E-state index < -0.39 is 13.0 Å². The van der Waals surface area contributed by atoms with Crippen LogP contribution in [0.3, 0.4) is 0 Å². The first-order valence-electron chi connectivity index (χ1n) is 9.38. The molecule has 2 aromatic carbocycles. The van der Waals surface area contributed by atoms with Gasteiger partial charge in [-0.05, 0) is 30.8 Å². The lowest BCUT2D eigenvalue weighted by Crippen LogP contribution is -2.34. The molecule has 0 N–H and O–H groups in total. The Bertz CT molecular complexity index is 1150. The zero-order valence-corrected chi connectivity index (χ0v) is 17.0. The van der Waals surface area contributed by atoms with Crippen molar-refractivity contribution in [2.75, 3.05) is 32.5 Å². The number of halogens is 1. The van der Waals surface area contributed by atoms with Gasteiger partial charge in [0, 0.05) is 49.6 Å². The maximum absolute atomic E-state index is 14.6. The molecule has 1 saturated heterocycles. The fourth-order valence-electron chi connectivity index (χ4n) is 3.81. The summed E-state index contributed by atoms with van der Waals surface area (Å²) < 4.78 is 29.3. The van der Waals surface area contributed by atoms with Gasteiger partial charge in [0.25, 0.3) is 5.56 Å². The van der Waals surface area contributed by atoms with Crippen molar-refractivity contribution >= 4 is 23.2 Å². The van der Waals surface area contributed by atoms with Crippen LogP contribution in [0.1, 0.15) is 11.3 Å². The molecule has 28 heavy (non-hydrogen) atoms. The van der Waals surface area contributed by atoms with Gasteiger partial charge in [0.15, 0.2) is 0 Å². The number of fused-ring (bicyclic) bond motifs is 1. The number of benzene rings is 2. The molecule has 0 spiro atoms. The van der Waals surface area contributed by atoms with Gasteiger partial charge in [0.1, 0.15) is 13.0 Å². The maximum Gasteiger partial charge on any atom is 0.274 e. The van der Waals surface area contributed by atoms with Crippen LogP contribution in [0.2, 0.25) is 0 Å². The van der Waals surface area contributed by atoms with E-state index in [9.17, 15) is 13.8 Å². The van der Waals surface area contributed by atoms with Gasteiger partial charge >= 0.3 is 0 Å². The van der Waals surface area contributed by atoms with E-state index in [0.29, 0.717) is 42.5 Å². The molecule has 0 bridgehead atoms. The van der Waals surface area contributed by atoms with Crippen molar-refractivity contribution in [2.45, 2.75) is 6.42 Å². The predicted molar refractivity (Wildman–Crippen MR) is 111 cm³/mol. The average molecular weight is 399 g/mol. The van der Waals surface area contributed by atoms with E-state index in [-0.39, 0.29) is 5.56 Å². The molecule has 0 aliphatic carbocycles. The summed E-state index contributed by atoms with van der Waals surface area (Å²) in [4.78, 5) is 14.4. The minimum absolute atomic E-state index is 0.144. The molecule has 7 heteroatoms. The van der Waals surface area contributed by atoms with Crippen LogP contribution < -0.4 is 10.9 Å². The largest absolute Gasteiger partial charge is 0.318 e. The van der Waals surface area contributed by atoms with Crippen molar-refractivity contribution in [1.29, 1.82) is 0 Å². The van der Waals surface area contributed by atoms with E-state index in [1.807, 2.05) is 25.2 Å². The highest BCUT2D eigenvalue weighted by molar-refractivity contribution is 7.71. The highest BCUT2D eigenvalue weighted by Gasteiger charge is 2.31. The molecule has 0 radical (unpaired) electrons. The number of hydrogen-bond donors (Lipinski definition) is 0. The van der Waals surface area contributed by atoms with E-state index in [1.54, 1.807) is 25.2 Å². The van der Waals surface area contributed by atoms with Crippen LogP contribution in [-0.2, 0) is 18.0 Å². The van der Waals surface area contributed by atoms with Crippen LogP contribution in [0.5, 0.6) is 0 Å². The lowest BCUT2D eigenvalue weighted by Gasteiger charge is -2.30. The van der Waals surface area contributed by atoms with E-state index in [0.717, 1.165) is 16.6 Å². The first-order chi connectivity index (χ1) is 13.4. The highest BCUT2D eigenvalue weighted by atomic mass is 31.2. The van der Waals surface area contributed by atoms with Crippen LogP contribution >= 0.6 is 7.14 Å². The summed E-state index contributed by atoms with van der Waals surface area (Å²) in [6.45, 7) is 1.43. The second-order valence-corrected chi connectivity index (χ2v) is 10.7. The molecule has 2 heterocycles. The SMILES string of the molecule is CN1CCP(=O)(c2cc(Cc3nn(C)c(=O)c4ccccc34)ccc2F)CC1. The molecule has 1 aromatic heterocycles. The Morgan fingerprint density at radius 1 is 1.07 bits per heavy atom. The zero-order valence-electron chi connectivity index (χ0n) is 16.1. The van der Waals surface area contributed by atoms with Crippen LogP contribution in [0.15, 0.2) is 47.3 Å². The van der Waals surface area contributed by atoms with Gasteiger partial charge in [-0.1, -0.05) is 24.3 Å². The molecule has 0 saturated carbocycles. The predicted octanol–water partition coefficient (Wildman–Crippen LogP) is 2.60. The van der Waals surface area contributed by atoms with Gasteiger partial charge in [0.2, 0.25) is 0 Å². The molecular weight excluding hydrogens is 376 g/mol. The Hall–Kier alpha value is -2.30. The molecule has 0 amide bonds. The third-order valence-corrected chi connectivity index (χ3v) is 8.61. The molecule has 0 atom stereocenters. The summed E-state index contributed by atoms with van der Waals surface area (Å²) in [6, 6.07) is 12.2. The summed E-state index contributed by atoms with van der Waals surface area (Å²) in [5, 5.41) is 6.18. The molecular formula is C21H23FN3O2P. The third kappa shape index (κ3) is 3.43. The Kier molecular flexibility index (Phi) is 4.94. The summed E-state index contributed by atoms with van der Waals surface area (Å²) >= 11 is 0. The average Bonchev–Trinajstić information content (AvgIpc) is 2.70. The van der Waals surface area contributed by atoms with E-state index >= 15 is 0 Å². The molecule has 1 fully saturated rings. The van der Waals surface area contributed by atoms with Crippen LogP contribution in [-0.4, -0.2) is 47.1 Å². The fourth-order valence-corrected chi connectivity index (χ4v) is 6.71. The van der Waals surface area contributed by atoms with Crippen LogP contribution in [0.25, 0.3) is 10.8 Å². The molecule has 4 rings (SSSR count). The third-order valence-electron chi connectivity index (χ3n) is 5.54. The van der Waals surface area contributed by atoms with Gasteiger partial charge in [-0.25, -0.2) is 9.07 Å². The quantitative estimate of drug-likeness (QED) is 0.636. The van der Waals surface area contributed by atoms with Gasteiger partial charge in [-0.3, -0.25) is 4.79 Å². The summed E-state index contributed by atoms with van der Waals surface area (Å²) in [6.07, 6.45) is 1.46. The summed E-state index contributed by atoms with van der Waals surface area (Å²) in [7, 11) is 0.893. The Balaban J connectivity index is 1.75. The fraction of sp³-hybridized carbons (Fsp3) is 0.333. The highest BCUT2D eigenvalue weighted by Crippen LogP contribution is 2.46. The molecule has 3 aromatic rings. The Labute approximate surface area is 163 Å². The summed E-state index contributed by atoms with van der Waals surface area (Å²) in [5.41, 5.74) is 1.45. The van der Waals surface area contributed by atoms with E-state index in [4.69, 9.17) is 0 Å². The number of aryl methyl sites for hydroxylation is 1. The van der Waals surface area contributed by atoms with Crippen LogP contribution in [0.4, 0.5) is 4.39 Å². The van der Waals surface area contributed by atoms with Gasteiger partial charge in [0.05, 0.1) is 11.1 Å². The van der Waals surface area contributed by atoms with Crippen LogP contribution in [0, 0.1) is 5.82 Å². The molecule has 5 nitrogen and oxygen atoms in total. The Morgan fingerprint density at radius 3 is 2.46 bits per heavy atom. The lowest BCUT2D eigenvalue weighted by atomic mass is 10.0. The summed E-state index contributed by atoms with van der Waals surface area (Å²) in [5.74, 6) is -0.394. The first-order valence-corrected chi connectivity index (χ1v) is 11.5. The van der Waals surface area contributed by atoms with E-state index in [2.05, 4.69) is 10.00 Å². The number of rotatable bonds is 3.